The number of halogens is 1. The van der Waals surface area contributed by atoms with Crippen LogP contribution < -0.4 is 4.74 Å². The van der Waals surface area contributed by atoms with Crippen molar-refractivity contribution in [1.82, 2.24) is 4.98 Å². The Kier molecular flexibility index (Phi) is 2.67. The molecule has 4 rings (SSSR count). The summed E-state index contributed by atoms with van der Waals surface area (Å²) in [6.07, 6.45) is 1.89. The molecule has 0 unspecified atom stereocenters. The zero-order chi connectivity index (χ0) is 14.4. The third-order valence-electron chi connectivity index (χ3n) is 4.09. The van der Waals surface area contributed by atoms with Crippen LogP contribution in [0.3, 0.4) is 0 Å². The Morgan fingerprint density at radius 1 is 1.00 bits per heavy atom. The van der Waals surface area contributed by atoms with Gasteiger partial charge < -0.3 is 4.74 Å². The largest absolute Gasteiger partial charge is 0.497 e. The van der Waals surface area contributed by atoms with Gasteiger partial charge in [0, 0.05) is 10.9 Å². The summed E-state index contributed by atoms with van der Waals surface area (Å²) in [5.41, 5.74) is 5.45. The number of aryl methyl sites for hydroxylation is 2. The third kappa shape index (κ3) is 1.97. The summed E-state index contributed by atoms with van der Waals surface area (Å²) < 4.78 is 18.6. The van der Waals surface area contributed by atoms with Gasteiger partial charge >= 0.3 is 0 Å². The van der Waals surface area contributed by atoms with Gasteiger partial charge in [0.15, 0.2) is 0 Å². The maximum Gasteiger partial charge on any atom is 0.123 e. The van der Waals surface area contributed by atoms with Crippen LogP contribution in [0.5, 0.6) is 5.75 Å². The molecule has 0 spiro atoms. The van der Waals surface area contributed by atoms with E-state index >= 15 is 0 Å². The number of fused-ring (bicyclic) bond motifs is 4. The Bertz CT molecular complexity index is 857. The highest BCUT2D eigenvalue weighted by atomic mass is 19.1. The Morgan fingerprint density at radius 2 is 1.86 bits per heavy atom. The molecule has 0 bridgehead atoms. The van der Waals surface area contributed by atoms with Gasteiger partial charge in [-0.15, -0.1) is 0 Å². The highest BCUT2D eigenvalue weighted by Gasteiger charge is 2.18. The summed E-state index contributed by atoms with van der Waals surface area (Å²) in [4.78, 5) is 4.75. The minimum Gasteiger partial charge on any atom is -0.497 e. The van der Waals surface area contributed by atoms with Crippen LogP contribution in [-0.4, -0.2) is 12.1 Å². The molecule has 0 fully saturated rings. The number of benzene rings is 2. The second-order valence-corrected chi connectivity index (χ2v) is 5.36. The molecule has 0 N–H and O–H groups in total. The van der Waals surface area contributed by atoms with Crippen molar-refractivity contribution in [2.45, 2.75) is 12.8 Å². The smallest absolute Gasteiger partial charge is 0.123 e. The normalized spacial score (nSPS) is 12.9. The zero-order valence-electron chi connectivity index (χ0n) is 11.7. The number of methoxy groups -OCH3 is 1. The fourth-order valence-corrected chi connectivity index (χ4v) is 3.02. The van der Waals surface area contributed by atoms with Gasteiger partial charge in [-0.2, -0.15) is 0 Å². The van der Waals surface area contributed by atoms with Crippen molar-refractivity contribution >= 4 is 10.9 Å². The maximum absolute atomic E-state index is 13.3. The van der Waals surface area contributed by atoms with Gasteiger partial charge in [0.05, 0.1) is 18.3 Å². The van der Waals surface area contributed by atoms with E-state index in [1.165, 1.54) is 17.2 Å². The van der Waals surface area contributed by atoms with Crippen LogP contribution in [0.15, 0.2) is 42.5 Å². The van der Waals surface area contributed by atoms with Gasteiger partial charge in [0.25, 0.3) is 0 Å². The minimum absolute atomic E-state index is 0.217. The lowest BCUT2D eigenvalue weighted by molar-refractivity contribution is 0.414. The standard InChI is InChI=1S/C18H14FNO/c1-21-15-5-6-16-11(10-15)2-3-12-8-13-9-14(19)4-7-17(13)20-18(12)16/h4-10H,2-3H2,1H3. The summed E-state index contributed by atoms with van der Waals surface area (Å²) in [7, 11) is 1.68. The van der Waals surface area contributed by atoms with Gasteiger partial charge in [0.1, 0.15) is 11.6 Å². The van der Waals surface area contributed by atoms with E-state index in [1.807, 2.05) is 6.07 Å². The van der Waals surface area contributed by atoms with Crippen molar-refractivity contribution < 1.29 is 9.13 Å². The topological polar surface area (TPSA) is 22.1 Å². The second kappa shape index (κ2) is 4.55. The van der Waals surface area contributed by atoms with Crippen molar-refractivity contribution in [2.24, 2.45) is 0 Å². The van der Waals surface area contributed by atoms with Gasteiger partial charge in [-0.3, -0.25) is 0 Å². The molecule has 104 valence electrons. The first-order valence-electron chi connectivity index (χ1n) is 7.01. The number of hydrogen-bond acceptors (Lipinski definition) is 2. The molecule has 3 heteroatoms. The zero-order valence-corrected chi connectivity index (χ0v) is 11.7. The summed E-state index contributed by atoms with van der Waals surface area (Å²) >= 11 is 0. The van der Waals surface area contributed by atoms with E-state index in [1.54, 1.807) is 19.2 Å². The van der Waals surface area contributed by atoms with E-state index in [9.17, 15) is 4.39 Å². The van der Waals surface area contributed by atoms with Crippen molar-refractivity contribution in [3.63, 3.8) is 0 Å². The van der Waals surface area contributed by atoms with Gasteiger partial charge in [-0.05, 0) is 66.4 Å². The van der Waals surface area contributed by atoms with Crippen molar-refractivity contribution in [3.8, 4) is 17.0 Å². The number of hydrogen-bond donors (Lipinski definition) is 0. The highest BCUT2D eigenvalue weighted by molar-refractivity contribution is 5.84. The number of aromatic nitrogens is 1. The van der Waals surface area contributed by atoms with E-state index in [0.29, 0.717) is 0 Å². The molecule has 0 atom stereocenters. The predicted molar refractivity (Wildman–Crippen MR) is 81.1 cm³/mol. The number of ether oxygens (including phenoxy) is 1. The summed E-state index contributed by atoms with van der Waals surface area (Å²) in [6.45, 7) is 0. The molecular weight excluding hydrogens is 265 g/mol. The van der Waals surface area contributed by atoms with Gasteiger partial charge in [-0.1, -0.05) is 0 Å². The molecule has 1 heterocycles. The third-order valence-corrected chi connectivity index (χ3v) is 4.09. The fraction of sp³-hybridized carbons (Fsp3) is 0.167. The van der Waals surface area contributed by atoms with Crippen LogP contribution in [-0.2, 0) is 12.8 Å². The monoisotopic (exact) mass is 279 g/mol. The van der Waals surface area contributed by atoms with Crippen LogP contribution in [0, 0.1) is 5.82 Å². The summed E-state index contributed by atoms with van der Waals surface area (Å²) in [5.74, 6) is 0.658. The average molecular weight is 279 g/mol. The number of pyridine rings is 1. The molecule has 0 radical (unpaired) electrons. The molecule has 3 aromatic rings. The lowest BCUT2D eigenvalue weighted by Crippen LogP contribution is -2.06. The first kappa shape index (κ1) is 12.3. The van der Waals surface area contributed by atoms with Crippen molar-refractivity contribution in [1.29, 1.82) is 0 Å². The maximum atomic E-state index is 13.3. The van der Waals surface area contributed by atoms with Crippen molar-refractivity contribution in [3.05, 3.63) is 59.4 Å². The minimum atomic E-state index is -0.217. The molecule has 1 aromatic heterocycles. The predicted octanol–water partition coefficient (Wildman–Crippen LogP) is 4.15. The van der Waals surface area contributed by atoms with Crippen LogP contribution in [0.4, 0.5) is 4.39 Å². The molecule has 1 aliphatic rings. The SMILES string of the molecule is COc1ccc2c(c1)CCc1cc3cc(F)ccc3nc1-2. The van der Waals surface area contributed by atoms with Crippen LogP contribution in [0.2, 0.25) is 0 Å². The van der Waals surface area contributed by atoms with Crippen LogP contribution in [0.1, 0.15) is 11.1 Å². The lowest BCUT2D eigenvalue weighted by Gasteiger charge is -2.20. The second-order valence-electron chi connectivity index (χ2n) is 5.36. The van der Waals surface area contributed by atoms with E-state index < -0.39 is 0 Å². The molecule has 0 aliphatic heterocycles. The molecule has 0 saturated carbocycles. The van der Waals surface area contributed by atoms with E-state index in [4.69, 9.17) is 9.72 Å². The Hall–Kier alpha value is -2.42. The Morgan fingerprint density at radius 3 is 2.71 bits per heavy atom. The quantitative estimate of drug-likeness (QED) is 0.667. The van der Waals surface area contributed by atoms with Gasteiger partial charge in [0.2, 0.25) is 0 Å². The fourth-order valence-electron chi connectivity index (χ4n) is 3.02. The van der Waals surface area contributed by atoms with Gasteiger partial charge in [-0.25, -0.2) is 9.37 Å². The van der Waals surface area contributed by atoms with Crippen LogP contribution in [0.25, 0.3) is 22.2 Å². The molecule has 0 saturated heterocycles. The molecule has 2 aromatic carbocycles. The Labute approximate surface area is 122 Å². The molecule has 0 amide bonds. The number of nitrogens with zero attached hydrogens (tertiary/aromatic N) is 1. The summed E-state index contributed by atoms with van der Waals surface area (Å²) in [5, 5.41) is 0.866. The summed E-state index contributed by atoms with van der Waals surface area (Å²) in [6, 6.07) is 12.9. The van der Waals surface area contributed by atoms with E-state index in [2.05, 4.69) is 18.2 Å². The first-order chi connectivity index (χ1) is 10.2. The molecule has 21 heavy (non-hydrogen) atoms. The lowest BCUT2D eigenvalue weighted by atomic mass is 9.88. The highest BCUT2D eigenvalue weighted by Crippen LogP contribution is 2.35. The molecule has 2 nitrogen and oxygen atoms in total. The molecular formula is C18H14FNO. The number of rotatable bonds is 1. The first-order valence-corrected chi connectivity index (χ1v) is 7.01. The van der Waals surface area contributed by atoms with Crippen molar-refractivity contribution in [2.75, 3.05) is 7.11 Å². The van der Waals surface area contributed by atoms with E-state index in [0.717, 1.165) is 40.8 Å². The van der Waals surface area contributed by atoms with E-state index in [-0.39, 0.29) is 5.82 Å². The Balaban J connectivity index is 1.95. The molecule has 1 aliphatic carbocycles. The van der Waals surface area contributed by atoms with Crippen LogP contribution >= 0.6 is 0 Å². The average Bonchev–Trinajstić information content (AvgIpc) is 2.52.